The number of hydrogen-bond acceptors (Lipinski definition) is 7. The summed E-state index contributed by atoms with van der Waals surface area (Å²) in [7, 11) is 1.67. The molecule has 2 saturated heterocycles. The number of methoxy groups -OCH3 is 1. The van der Waals surface area contributed by atoms with Gasteiger partial charge in [-0.25, -0.2) is 0 Å². The minimum atomic E-state index is -0.758. The van der Waals surface area contributed by atoms with Gasteiger partial charge in [0.25, 0.3) is 0 Å². The monoisotopic (exact) mass is 672 g/mol. The maximum atomic E-state index is 14.3. The Hall–Kier alpha value is -3.96. The molecule has 3 amide bonds. The number of anilines is 1. The molecule has 3 N–H and O–H groups in total. The van der Waals surface area contributed by atoms with E-state index in [1.54, 1.807) is 19.2 Å². The van der Waals surface area contributed by atoms with Gasteiger partial charge in [0.15, 0.2) is 0 Å². The summed E-state index contributed by atoms with van der Waals surface area (Å²) in [4.78, 5) is 48.0. The molecule has 0 bridgehead atoms. The number of benzene rings is 3. The van der Waals surface area contributed by atoms with Gasteiger partial charge >= 0.3 is 0 Å². The third-order valence-electron chi connectivity index (χ3n) is 9.89. The van der Waals surface area contributed by atoms with Crippen molar-refractivity contribution < 1.29 is 19.1 Å². The van der Waals surface area contributed by atoms with E-state index in [1.807, 2.05) is 64.4 Å². The Bertz CT molecular complexity index is 1560. The topological polar surface area (TPSA) is 106 Å². The van der Waals surface area contributed by atoms with Crippen LogP contribution in [-0.4, -0.2) is 98.3 Å². The molecule has 0 aromatic heterocycles. The van der Waals surface area contributed by atoms with Gasteiger partial charge in [0.1, 0.15) is 11.6 Å². The van der Waals surface area contributed by atoms with E-state index >= 15 is 0 Å². The average Bonchev–Trinajstić information content (AvgIpc) is 3.38. The first-order chi connectivity index (χ1) is 23.4. The lowest BCUT2D eigenvalue weighted by Crippen LogP contribution is -2.60. The number of fused-ring (bicyclic) bond motifs is 1. The first-order valence-electron chi connectivity index (χ1n) is 16.8. The zero-order valence-corrected chi connectivity index (χ0v) is 28.3. The smallest absolute Gasteiger partial charge is 0.250 e. The van der Waals surface area contributed by atoms with Gasteiger partial charge in [0.2, 0.25) is 17.7 Å². The molecule has 0 radical (unpaired) electrons. The second kappa shape index (κ2) is 15.5. The lowest BCUT2D eigenvalue weighted by atomic mass is 9.85. The van der Waals surface area contributed by atoms with E-state index in [1.165, 1.54) is 5.56 Å². The van der Waals surface area contributed by atoms with Gasteiger partial charge in [-0.3, -0.25) is 14.4 Å². The molecule has 0 saturated carbocycles. The Balaban J connectivity index is 1.16. The molecule has 2 unspecified atom stereocenters. The molecule has 10 nitrogen and oxygen atoms in total. The molecular formula is C37H45ClN6O4. The number of carbonyl (C=O) groups excluding carboxylic acids is 3. The van der Waals surface area contributed by atoms with Crippen LogP contribution in [0.5, 0.6) is 0 Å². The van der Waals surface area contributed by atoms with Gasteiger partial charge in [-0.15, -0.1) is 0 Å². The van der Waals surface area contributed by atoms with Crippen LogP contribution < -0.4 is 20.9 Å². The molecule has 254 valence electrons. The van der Waals surface area contributed by atoms with Crippen LogP contribution in [0.2, 0.25) is 5.02 Å². The van der Waals surface area contributed by atoms with Gasteiger partial charge in [0, 0.05) is 63.5 Å². The van der Waals surface area contributed by atoms with E-state index in [0.717, 1.165) is 23.4 Å². The van der Waals surface area contributed by atoms with Crippen LogP contribution in [0.25, 0.3) is 0 Å². The number of nitrogens with one attached hydrogen (secondary N) is 3. The predicted octanol–water partition coefficient (Wildman–Crippen LogP) is 2.99. The second-order valence-corrected chi connectivity index (χ2v) is 13.3. The van der Waals surface area contributed by atoms with Crippen LogP contribution in [0.4, 0.5) is 5.69 Å². The number of para-hydroxylation sites is 1. The fourth-order valence-electron chi connectivity index (χ4n) is 7.17. The summed E-state index contributed by atoms with van der Waals surface area (Å²) in [5, 5.41) is 10.4. The standard InChI is InChI=1S/C37H45ClN6O4/c1-48-22-18-39-17-21-43-26-44(31-9-3-2-4-10-31)37(36(43)47)15-19-42(20-16-37)35(46)33(23-27-11-13-30(38)14-12-27)41-34(45)32-24-28-7-5-6-8-29(28)25-40-32/h2-14,32-33,39-40H,15-26H2,1H3,(H,41,45). The quantitative estimate of drug-likeness (QED) is 0.254. The molecule has 3 aromatic rings. The van der Waals surface area contributed by atoms with Crippen molar-refractivity contribution in [3.05, 3.63) is 101 Å². The lowest BCUT2D eigenvalue weighted by molar-refractivity contribution is -0.141. The molecule has 3 aliphatic heterocycles. The van der Waals surface area contributed by atoms with E-state index in [4.69, 9.17) is 16.3 Å². The fraction of sp³-hybridized carbons (Fsp3) is 0.432. The number of nitrogens with zero attached hydrogens (tertiary/aromatic N) is 3. The molecule has 6 rings (SSSR count). The highest BCUT2D eigenvalue weighted by Gasteiger charge is 2.54. The molecule has 1 spiro atoms. The lowest BCUT2D eigenvalue weighted by Gasteiger charge is -2.44. The Morgan fingerprint density at radius 3 is 2.42 bits per heavy atom. The molecule has 0 aliphatic carbocycles. The van der Waals surface area contributed by atoms with Gasteiger partial charge < -0.3 is 35.4 Å². The van der Waals surface area contributed by atoms with Crippen molar-refractivity contribution in [2.75, 3.05) is 58.0 Å². The van der Waals surface area contributed by atoms with Crippen LogP contribution in [0.15, 0.2) is 78.9 Å². The number of carbonyl (C=O) groups is 3. The van der Waals surface area contributed by atoms with Crippen molar-refractivity contribution in [1.29, 1.82) is 0 Å². The maximum Gasteiger partial charge on any atom is 0.250 e. The van der Waals surface area contributed by atoms with E-state index in [0.29, 0.717) is 76.7 Å². The highest BCUT2D eigenvalue weighted by molar-refractivity contribution is 6.30. The maximum absolute atomic E-state index is 14.3. The van der Waals surface area contributed by atoms with Crippen LogP contribution in [-0.2, 0) is 38.5 Å². The number of rotatable bonds is 12. The highest BCUT2D eigenvalue weighted by Crippen LogP contribution is 2.39. The number of halogens is 1. The molecule has 3 aromatic carbocycles. The van der Waals surface area contributed by atoms with Gasteiger partial charge in [0.05, 0.1) is 19.3 Å². The Kier molecular flexibility index (Phi) is 11.0. The summed E-state index contributed by atoms with van der Waals surface area (Å²) in [6.45, 7) is 4.52. The number of piperidine rings is 1. The SMILES string of the molecule is COCCNCCN1CN(c2ccccc2)C2(CCN(C(=O)C(Cc3ccc(Cl)cc3)NC(=O)C3Cc4ccccc4CN3)CC2)C1=O. The third kappa shape index (κ3) is 7.52. The number of ether oxygens (including phenoxy) is 1. The number of amides is 3. The Labute approximate surface area is 287 Å². The second-order valence-electron chi connectivity index (χ2n) is 12.9. The largest absolute Gasteiger partial charge is 0.383 e. The summed E-state index contributed by atoms with van der Waals surface area (Å²) in [6.07, 6.45) is 1.91. The number of hydrogen-bond donors (Lipinski definition) is 3. The van der Waals surface area contributed by atoms with Gasteiger partial charge in [-0.1, -0.05) is 66.2 Å². The average molecular weight is 673 g/mol. The van der Waals surface area contributed by atoms with Crippen LogP contribution in [0.1, 0.15) is 29.5 Å². The summed E-state index contributed by atoms with van der Waals surface area (Å²) in [5.41, 5.74) is 3.49. The normalized spacial score (nSPS) is 19.3. The van der Waals surface area contributed by atoms with Crippen LogP contribution in [0.3, 0.4) is 0 Å². The third-order valence-corrected chi connectivity index (χ3v) is 10.1. The van der Waals surface area contributed by atoms with Crippen molar-refractivity contribution in [1.82, 2.24) is 25.8 Å². The van der Waals surface area contributed by atoms with Crippen molar-refractivity contribution >= 4 is 35.0 Å². The van der Waals surface area contributed by atoms with Crippen LogP contribution in [0, 0.1) is 0 Å². The first kappa shape index (κ1) is 33.9. The molecule has 3 aliphatic rings. The summed E-state index contributed by atoms with van der Waals surface area (Å²) < 4.78 is 5.13. The van der Waals surface area contributed by atoms with Crippen molar-refractivity contribution in [3.63, 3.8) is 0 Å². The highest BCUT2D eigenvalue weighted by atomic mass is 35.5. The predicted molar refractivity (Wildman–Crippen MR) is 187 cm³/mol. The molecular weight excluding hydrogens is 628 g/mol. The zero-order valence-electron chi connectivity index (χ0n) is 27.5. The van der Waals surface area contributed by atoms with Crippen LogP contribution >= 0.6 is 11.6 Å². The molecule has 2 fully saturated rings. The molecule has 11 heteroatoms. The Morgan fingerprint density at radius 1 is 0.979 bits per heavy atom. The van der Waals surface area contributed by atoms with Gasteiger partial charge in [-0.2, -0.15) is 0 Å². The van der Waals surface area contributed by atoms with E-state index < -0.39 is 17.6 Å². The fourth-order valence-corrected chi connectivity index (χ4v) is 7.30. The minimum Gasteiger partial charge on any atom is -0.383 e. The first-order valence-corrected chi connectivity index (χ1v) is 17.2. The number of likely N-dealkylation sites (tertiary alicyclic amines) is 1. The zero-order chi connectivity index (χ0) is 33.5. The van der Waals surface area contributed by atoms with E-state index in [2.05, 4.69) is 33.0 Å². The summed E-state index contributed by atoms with van der Waals surface area (Å²) >= 11 is 6.15. The Morgan fingerprint density at radius 2 is 1.69 bits per heavy atom. The molecule has 48 heavy (non-hydrogen) atoms. The van der Waals surface area contributed by atoms with Crippen molar-refractivity contribution in [2.24, 2.45) is 0 Å². The van der Waals surface area contributed by atoms with E-state index in [9.17, 15) is 14.4 Å². The van der Waals surface area contributed by atoms with E-state index in [-0.39, 0.29) is 17.7 Å². The van der Waals surface area contributed by atoms with Crippen molar-refractivity contribution in [2.45, 2.75) is 49.9 Å². The molecule has 3 heterocycles. The van der Waals surface area contributed by atoms with Gasteiger partial charge in [-0.05, 0) is 60.2 Å². The molecule has 2 atom stereocenters. The van der Waals surface area contributed by atoms with Crippen molar-refractivity contribution in [3.8, 4) is 0 Å². The summed E-state index contributed by atoms with van der Waals surface area (Å²) in [6, 6.07) is 24.3. The summed E-state index contributed by atoms with van der Waals surface area (Å²) in [5.74, 6) is -0.233. The minimum absolute atomic E-state index is 0.0988.